The Morgan fingerprint density at radius 3 is 2.75 bits per heavy atom. The van der Waals surface area contributed by atoms with Gasteiger partial charge in [0, 0.05) is 6.92 Å². The molecule has 0 radical (unpaired) electrons. The summed E-state index contributed by atoms with van der Waals surface area (Å²) in [6.45, 7) is 1.42. The minimum Gasteiger partial charge on any atom is -0.497 e. The van der Waals surface area contributed by atoms with Crippen LogP contribution in [0.4, 0.5) is 0 Å². The summed E-state index contributed by atoms with van der Waals surface area (Å²) in [4.78, 5) is 11.3. The Labute approximate surface area is 99.8 Å². The van der Waals surface area contributed by atoms with Gasteiger partial charge in [0.1, 0.15) is 16.8 Å². The van der Waals surface area contributed by atoms with Gasteiger partial charge in [-0.05, 0) is 17.7 Å². The lowest BCUT2D eigenvalue weighted by atomic mass is 10.1. The van der Waals surface area contributed by atoms with Crippen molar-refractivity contribution in [2.24, 2.45) is 5.73 Å². The number of ether oxygens (including phenoxy) is 1. The predicted molar refractivity (Wildman–Crippen MR) is 66.3 cm³/mol. The van der Waals surface area contributed by atoms with Crippen LogP contribution in [0.5, 0.6) is 5.75 Å². The number of thiocarbonyl (C=S) groups is 1. The smallest absolute Gasteiger partial charge is 0.217 e. The molecule has 0 saturated carbocycles. The molecule has 0 aliphatic carbocycles. The van der Waals surface area contributed by atoms with Gasteiger partial charge in [-0.3, -0.25) is 4.79 Å². The van der Waals surface area contributed by atoms with E-state index in [0.29, 0.717) is 5.75 Å². The molecule has 1 atom stereocenters. The maximum atomic E-state index is 11.0. The molecule has 3 N–H and O–H groups in total. The van der Waals surface area contributed by atoms with Crippen LogP contribution in [-0.4, -0.2) is 18.0 Å². The zero-order valence-electron chi connectivity index (χ0n) is 9.19. The number of nitrogens with one attached hydrogen (secondary N) is 1. The van der Waals surface area contributed by atoms with Gasteiger partial charge >= 0.3 is 0 Å². The van der Waals surface area contributed by atoms with Crippen molar-refractivity contribution in [1.82, 2.24) is 5.32 Å². The third-order valence-corrected chi connectivity index (χ3v) is 2.29. The average Bonchev–Trinajstić information content (AvgIpc) is 2.25. The van der Waals surface area contributed by atoms with Crippen LogP contribution in [0.15, 0.2) is 24.3 Å². The summed E-state index contributed by atoms with van der Waals surface area (Å²) in [6.07, 6.45) is 0. The molecular weight excluding hydrogens is 224 g/mol. The summed E-state index contributed by atoms with van der Waals surface area (Å²) >= 11 is 4.92. The highest BCUT2D eigenvalue weighted by Gasteiger charge is 2.15. The minimum absolute atomic E-state index is 0.180. The standard InChI is InChI=1S/C11H14N2O2S/c1-7(14)13-10(11(12)16)8-4-3-5-9(6-8)15-2/h3-6,10H,1-2H3,(H2,12,16)(H,13,14). The number of amides is 1. The first kappa shape index (κ1) is 12.4. The topological polar surface area (TPSA) is 64.3 Å². The molecule has 0 aromatic heterocycles. The first-order valence-electron chi connectivity index (χ1n) is 4.75. The van der Waals surface area contributed by atoms with Gasteiger partial charge in [0.05, 0.1) is 7.11 Å². The van der Waals surface area contributed by atoms with Gasteiger partial charge < -0.3 is 15.8 Å². The van der Waals surface area contributed by atoms with Crippen molar-refractivity contribution in [1.29, 1.82) is 0 Å². The van der Waals surface area contributed by atoms with Gasteiger partial charge in [-0.2, -0.15) is 0 Å². The van der Waals surface area contributed by atoms with Crippen LogP contribution in [0.2, 0.25) is 0 Å². The molecule has 0 aliphatic rings. The van der Waals surface area contributed by atoms with E-state index in [1.165, 1.54) is 6.92 Å². The Morgan fingerprint density at radius 2 is 2.25 bits per heavy atom. The number of hydrogen-bond acceptors (Lipinski definition) is 3. The number of rotatable bonds is 4. The minimum atomic E-state index is -0.456. The lowest BCUT2D eigenvalue weighted by molar-refractivity contribution is -0.119. The van der Waals surface area contributed by atoms with Gasteiger partial charge in [0.25, 0.3) is 0 Å². The van der Waals surface area contributed by atoms with Crippen LogP contribution in [0.25, 0.3) is 0 Å². The molecule has 0 saturated heterocycles. The maximum Gasteiger partial charge on any atom is 0.217 e. The monoisotopic (exact) mass is 238 g/mol. The molecular formula is C11H14N2O2S. The van der Waals surface area contributed by atoms with E-state index in [9.17, 15) is 4.79 Å². The lowest BCUT2D eigenvalue weighted by Crippen LogP contribution is -2.35. The summed E-state index contributed by atoms with van der Waals surface area (Å²) in [5.41, 5.74) is 6.39. The van der Waals surface area contributed by atoms with E-state index in [2.05, 4.69) is 5.32 Å². The molecule has 0 fully saturated rings. The predicted octanol–water partition coefficient (Wildman–Crippen LogP) is 1.16. The third kappa shape index (κ3) is 3.20. The Balaban J connectivity index is 3.00. The fourth-order valence-electron chi connectivity index (χ4n) is 1.34. The zero-order valence-corrected chi connectivity index (χ0v) is 10.0. The Bertz CT molecular complexity index is 407. The number of benzene rings is 1. The van der Waals surface area contributed by atoms with Crippen molar-refractivity contribution < 1.29 is 9.53 Å². The van der Waals surface area contributed by atoms with Crippen LogP contribution in [0, 0.1) is 0 Å². The van der Waals surface area contributed by atoms with E-state index >= 15 is 0 Å². The molecule has 0 heterocycles. The molecule has 4 nitrogen and oxygen atoms in total. The first-order valence-corrected chi connectivity index (χ1v) is 5.15. The molecule has 86 valence electrons. The van der Waals surface area contributed by atoms with E-state index in [-0.39, 0.29) is 10.9 Å². The van der Waals surface area contributed by atoms with Crippen molar-refractivity contribution in [2.45, 2.75) is 13.0 Å². The molecule has 1 aromatic carbocycles. The Morgan fingerprint density at radius 1 is 1.56 bits per heavy atom. The second-order valence-corrected chi connectivity index (χ2v) is 3.78. The lowest BCUT2D eigenvalue weighted by Gasteiger charge is -2.17. The van der Waals surface area contributed by atoms with Crippen molar-refractivity contribution in [3.63, 3.8) is 0 Å². The summed E-state index contributed by atoms with van der Waals surface area (Å²) in [6, 6.07) is 6.81. The Kier molecular flexibility index (Phi) is 4.25. The third-order valence-electron chi connectivity index (χ3n) is 2.06. The van der Waals surface area contributed by atoms with E-state index in [4.69, 9.17) is 22.7 Å². The number of carbonyl (C=O) groups excluding carboxylic acids is 1. The van der Waals surface area contributed by atoms with Gasteiger partial charge in [0.2, 0.25) is 5.91 Å². The molecule has 1 aromatic rings. The fourth-order valence-corrected chi connectivity index (χ4v) is 1.54. The van der Waals surface area contributed by atoms with Crippen LogP contribution < -0.4 is 15.8 Å². The van der Waals surface area contributed by atoms with Crippen molar-refractivity contribution >= 4 is 23.1 Å². The quantitative estimate of drug-likeness (QED) is 0.773. The highest BCUT2D eigenvalue weighted by atomic mass is 32.1. The molecule has 1 amide bonds. The largest absolute Gasteiger partial charge is 0.497 e. The second-order valence-electron chi connectivity index (χ2n) is 3.31. The fraction of sp³-hybridized carbons (Fsp3) is 0.273. The number of methoxy groups -OCH3 is 1. The molecule has 5 heteroatoms. The Hall–Kier alpha value is -1.62. The van der Waals surface area contributed by atoms with Gasteiger partial charge in [-0.25, -0.2) is 0 Å². The van der Waals surface area contributed by atoms with E-state index < -0.39 is 6.04 Å². The summed E-state index contributed by atoms with van der Waals surface area (Å²) in [5.74, 6) is 0.518. The number of carbonyl (C=O) groups is 1. The van der Waals surface area contributed by atoms with Gasteiger partial charge in [0.15, 0.2) is 0 Å². The highest BCUT2D eigenvalue weighted by molar-refractivity contribution is 7.80. The van der Waals surface area contributed by atoms with Crippen LogP contribution >= 0.6 is 12.2 Å². The number of hydrogen-bond donors (Lipinski definition) is 2. The van der Waals surface area contributed by atoms with Gasteiger partial charge in [-0.15, -0.1) is 0 Å². The zero-order chi connectivity index (χ0) is 12.1. The van der Waals surface area contributed by atoms with Gasteiger partial charge in [-0.1, -0.05) is 24.4 Å². The van der Waals surface area contributed by atoms with E-state index in [0.717, 1.165) is 5.56 Å². The average molecular weight is 238 g/mol. The summed E-state index contributed by atoms with van der Waals surface area (Å²) in [7, 11) is 1.58. The van der Waals surface area contributed by atoms with Crippen molar-refractivity contribution in [2.75, 3.05) is 7.11 Å². The molecule has 0 spiro atoms. The molecule has 1 unspecified atom stereocenters. The van der Waals surface area contributed by atoms with E-state index in [1.54, 1.807) is 13.2 Å². The van der Waals surface area contributed by atoms with Crippen LogP contribution in [0.3, 0.4) is 0 Å². The summed E-state index contributed by atoms with van der Waals surface area (Å²) in [5, 5.41) is 2.69. The maximum absolute atomic E-state index is 11.0. The van der Waals surface area contributed by atoms with Crippen molar-refractivity contribution in [3.8, 4) is 5.75 Å². The number of nitrogens with two attached hydrogens (primary N) is 1. The molecule has 16 heavy (non-hydrogen) atoms. The summed E-state index contributed by atoms with van der Waals surface area (Å²) < 4.78 is 5.09. The molecule has 1 rings (SSSR count). The normalized spacial score (nSPS) is 11.6. The molecule has 0 bridgehead atoms. The highest BCUT2D eigenvalue weighted by Crippen LogP contribution is 2.19. The van der Waals surface area contributed by atoms with Crippen LogP contribution in [-0.2, 0) is 4.79 Å². The van der Waals surface area contributed by atoms with Crippen LogP contribution in [0.1, 0.15) is 18.5 Å². The van der Waals surface area contributed by atoms with Crippen molar-refractivity contribution in [3.05, 3.63) is 29.8 Å². The second kappa shape index (κ2) is 5.46. The molecule has 0 aliphatic heterocycles. The SMILES string of the molecule is COc1cccc(C(NC(C)=O)C(N)=S)c1. The first-order chi connectivity index (χ1) is 7.54. The van der Waals surface area contributed by atoms with E-state index in [1.807, 2.05) is 18.2 Å².